The van der Waals surface area contributed by atoms with Crippen molar-refractivity contribution in [2.24, 2.45) is 14.1 Å². The van der Waals surface area contributed by atoms with Gasteiger partial charge in [-0.15, -0.1) is 0 Å². The quantitative estimate of drug-likeness (QED) is 0.740. The van der Waals surface area contributed by atoms with E-state index in [0.29, 0.717) is 6.54 Å². The van der Waals surface area contributed by atoms with Gasteiger partial charge < -0.3 is 9.88 Å². The van der Waals surface area contributed by atoms with Crippen LogP contribution in [0.2, 0.25) is 0 Å². The number of carbonyl (C=O) groups is 1. The third-order valence-electron chi connectivity index (χ3n) is 4.33. The van der Waals surface area contributed by atoms with Gasteiger partial charge in [0, 0.05) is 20.6 Å². The first kappa shape index (κ1) is 20.2. The number of aromatic nitrogens is 4. The van der Waals surface area contributed by atoms with E-state index in [1.54, 1.807) is 0 Å². The summed E-state index contributed by atoms with van der Waals surface area (Å²) in [6, 6.07) is 8.36. The molecule has 2 aromatic heterocycles. The Labute approximate surface area is 157 Å². The molecule has 3 aromatic rings. The van der Waals surface area contributed by atoms with E-state index >= 15 is 0 Å². The van der Waals surface area contributed by atoms with Crippen molar-refractivity contribution in [2.75, 3.05) is 6.54 Å². The SMILES string of the molecule is CCNC(=O)Cn1cnc2c1c(=O)n(C)c(=O)n2C.Cc1ccccc1C. The van der Waals surface area contributed by atoms with Crippen molar-refractivity contribution in [1.82, 2.24) is 24.0 Å². The lowest BCUT2D eigenvalue weighted by molar-refractivity contribution is -0.121. The van der Waals surface area contributed by atoms with E-state index in [1.807, 2.05) is 6.92 Å². The molecule has 0 fully saturated rings. The van der Waals surface area contributed by atoms with Crippen molar-refractivity contribution in [2.45, 2.75) is 27.3 Å². The van der Waals surface area contributed by atoms with E-state index in [-0.39, 0.29) is 23.6 Å². The molecule has 1 amide bonds. The number of aryl methyl sites for hydroxylation is 3. The largest absolute Gasteiger partial charge is 0.355 e. The van der Waals surface area contributed by atoms with Crippen LogP contribution in [0.5, 0.6) is 0 Å². The Morgan fingerprint density at radius 2 is 1.67 bits per heavy atom. The summed E-state index contributed by atoms with van der Waals surface area (Å²) in [5, 5.41) is 2.64. The van der Waals surface area contributed by atoms with Gasteiger partial charge in [0.1, 0.15) is 6.54 Å². The summed E-state index contributed by atoms with van der Waals surface area (Å²) in [5.74, 6) is -0.210. The number of imidazole rings is 1. The summed E-state index contributed by atoms with van der Waals surface area (Å²) in [6.07, 6.45) is 1.39. The van der Waals surface area contributed by atoms with Crippen LogP contribution in [0, 0.1) is 13.8 Å². The number of hydrogen-bond acceptors (Lipinski definition) is 4. The van der Waals surface area contributed by atoms with Crippen LogP contribution in [0.3, 0.4) is 0 Å². The summed E-state index contributed by atoms with van der Waals surface area (Å²) < 4.78 is 3.73. The van der Waals surface area contributed by atoms with Gasteiger partial charge in [-0.25, -0.2) is 9.78 Å². The predicted molar refractivity (Wildman–Crippen MR) is 105 cm³/mol. The molecule has 0 bridgehead atoms. The Morgan fingerprint density at radius 1 is 1.07 bits per heavy atom. The first-order valence-electron chi connectivity index (χ1n) is 8.67. The average molecular weight is 371 g/mol. The number of benzene rings is 1. The van der Waals surface area contributed by atoms with Crippen LogP contribution in [-0.2, 0) is 25.4 Å². The van der Waals surface area contributed by atoms with Crippen molar-refractivity contribution in [3.63, 3.8) is 0 Å². The summed E-state index contributed by atoms with van der Waals surface area (Å²) >= 11 is 0. The molecule has 2 heterocycles. The molecule has 0 spiro atoms. The van der Waals surface area contributed by atoms with Crippen LogP contribution in [0.25, 0.3) is 11.2 Å². The highest BCUT2D eigenvalue weighted by atomic mass is 16.2. The van der Waals surface area contributed by atoms with Gasteiger partial charge >= 0.3 is 5.69 Å². The number of hydrogen-bond donors (Lipinski definition) is 1. The number of amides is 1. The first-order valence-corrected chi connectivity index (χ1v) is 8.67. The van der Waals surface area contributed by atoms with E-state index in [1.165, 1.54) is 40.7 Å². The molecule has 0 saturated heterocycles. The van der Waals surface area contributed by atoms with Crippen LogP contribution in [0.15, 0.2) is 40.2 Å². The zero-order valence-electron chi connectivity index (χ0n) is 16.3. The fourth-order valence-electron chi connectivity index (χ4n) is 2.59. The minimum Gasteiger partial charge on any atom is -0.355 e. The highest BCUT2D eigenvalue weighted by Crippen LogP contribution is 2.05. The van der Waals surface area contributed by atoms with Crippen molar-refractivity contribution in [3.8, 4) is 0 Å². The lowest BCUT2D eigenvalue weighted by Crippen LogP contribution is -2.38. The van der Waals surface area contributed by atoms with Gasteiger partial charge in [-0.1, -0.05) is 24.3 Å². The normalized spacial score (nSPS) is 10.4. The molecule has 0 aliphatic carbocycles. The molecule has 0 radical (unpaired) electrons. The van der Waals surface area contributed by atoms with Crippen molar-refractivity contribution in [3.05, 3.63) is 62.6 Å². The highest BCUT2D eigenvalue weighted by Gasteiger charge is 2.15. The molecule has 0 atom stereocenters. The predicted octanol–water partition coefficient (Wildman–Crippen LogP) is 0.873. The fourth-order valence-corrected chi connectivity index (χ4v) is 2.59. The lowest BCUT2D eigenvalue weighted by Gasteiger charge is -2.06. The molecule has 1 N–H and O–H groups in total. The second-order valence-corrected chi connectivity index (χ2v) is 6.29. The van der Waals surface area contributed by atoms with Crippen molar-refractivity contribution >= 4 is 17.1 Å². The van der Waals surface area contributed by atoms with Gasteiger partial charge in [-0.2, -0.15) is 0 Å². The van der Waals surface area contributed by atoms with Gasteiger partial charge in [-0.05, 0) is 31.9 Å². The summed E-state index contributed by atoms with van der Waals surface area (Å²) in [5.41, 5.74) is 2.36. The molecular formula is C19H25N5O3. The first-order chi connectivity index (χ1) is 12.8. The minimum absolute atomic E-state index is 0.00220. The van der Waals surface area contributed by atoms with Crippen LogP contribution >= 0.6 is 0 Å². The van der Waals surface area contributed by atoms with Crippen LogP contribution in [0.4, 0.5) is 0 Å². The molecule has 144 valence electrons. The zero-order valence-corrected chi connectivity index (χ0v) is 16.3. The number of fused-ring (bicyclic) bond motifs is 1. The Bertz CT molecular complexity index is 1050. The maximum absolute atomic E-state index is 12.1. The molecule has 8 nitrogen and oxygen atoms in total. The second kappa shape index (κ2) is 8.48. The van der Waals surface area contributed by atoms with Crippen LogP contribution < -0.4 is 16.6 Å². The summed E-state index contributed by atoms with van der Waals surface area (Å²) in [4.78, 5) is 39.4. The highest BCUT2D eigenvalue weighted by molar-refractivity contribution is 5.78. The lowest BCUT2D eigenvalue weighted by atomic mass is 10.1. The van der Waals surface area contributed by atoms with E-state index < -0.39 is 11.2 Å². The monoisotopic (exact) mass is 371 g/mol. The molecule has 0 aliphatic rings. The van der Waals surface area contributed by atoms with Gasteiger partial charge in [0.15, 0.2) is 11.2 Å². The van der Waals surface area contributed by atoms with Gasteiger partial charge in [0.05, 0.1) is 6.33 Å². The van der Waals surface area contributed by atoms with E-state index in [9.17, 15) is 14.4 Å². The molecule has 3 rings (SSSR count). The number of nitrogens with zero attached hydrogens (tertiary/aromatic N) is 4. The fraction of sp³-hybridized carbons (Fsp3) is 0.368. The Balaban J connectivity index is 0.000000273. The molecule has 0 aliphatic heterocycles. The minimum atomic E-state index is -0.458. The summed E-state index contributed by atoms with van der Waals surface area (Å²) in [6.45, 7) is 6.57. The third-order valence-corrected chi connectivity index (χ3v) is 4.33. The molecule has 0 saturated carbocycles. The number of nitrogens with one attached hydrogen (secondary N) is 1. The molecular weight excluding hydrogens is 346 g/mol. The number of carbonyl (C=O) groups excluding carboxylic acids is 1. The Morgan fingerprint density at radius 3 is 2.19 bits per heavy atom. The molecule has 8 heteroatoms. The molecule has 27 heavy (non-hydrogen) atoms. The van der Waals surface area contributed by atoms with E-state index in [0.717, 1.165) is 4.57 Å². The van der Waals surface area contributed by atoms with Crippen molar-refractivity contribution in [1.29, 1.82) is 0 Å². The van der Waals surface area contributed by atoms with Crippen LogP contribution in [0.1, 0.15) is 18.1 Å². The van der Waals surface area contributed by atoms with Gasteiger partial charge in [-0.3, -0.25) is 18.7 Å². The van der Waals surface area contributed by atoms with Gasteiger partial charge in [0.25, 0.3) is 5.56 Å². The van der Waals surface area contributed by atoms with E-state index in [4.69, 9.17) is 0 Å². The van der Waals surface area contributed by atoms with Crippen molar-refractivity contribution < 1.29 is 4.79 Å². The van der Waals surface area contributed by atoms with E-state index in [2.05, 4.69) is 48.4 Å². The second-order valence-electron chi connectivity index (χ2n) is 6.29. The van der Waals surface area contributed by atoms with Crippen LogP contribution in [-0.4, -0.2) is 31.1 Å². The zero-order chi connectivity index (χ0) is 20.1. The summed E-state index contributed by atoms with van der Waals surface area (Å²) in [7, 11) is 2.93. The maximum Gasteiger partial charge on any atom is 0.332 e. The Hall–Kier alpha value is -3.16. The standard InChI is InChI=1S/C11H15N5O3.C8H10/c1-4-12-7(17)5-16-6-13-9-8(16)10(18)15(3)11(19)14(9)2;1-7-5-3-4-6-8(7)2/h6H,4-5H2,1-3H3,(H,12,17);3-6H,1-2H3. The van der Waals surface area contributed by atoms with Gasteiger partial charge in [0.2, 0.25) is 5.91 Å². The third kappa shape index (κ3) is 4.33. The Kier molecular flexibility index (Phi) is 6.33. The molecule has 0 unspecified atom stereocenters. The topological polar surface area (TPSA) is 90.9 Å². The number of rotatable bonds is 3. The average Bonchev–Trinajstić information content (AvgIpc) is 3.05. The number of likely N-dealkylation sites (N-methyl/N-ethyl adjacent to an activating group) is 1. The molecule has 1 aromatic carbocycles. The smallest absolute Gasteiger partial charge is 0.332 e. The maximum atomic E-state index is 12.1.